The molecule has 194 valence electrons. The molecule has 0 unspecified atom stereocenters. The second-order valence-corrected chi connectivity index (χ2v) is 11.2. The molecule has 0 aliphatic carbocycles. The third-order valence-corrected chi connectivity index (χ3v) is 8.28. The van der Waals surface area contributed by atoms with Gasteiger partial charge in [-0.1, -0.05) is 87.3 Å². The highest BCUT2D eigenvalue weighted by atomic mass is 32.2. The summed E-state index contributed by atoms with van der Waals surface area (Å²) in [6.07, 6.45) is 6.71. The maximum Gasteiger partial charge on any atom is 0.267 e. The number of fused-ring (bicyclic) bond motifs is 1. The van der Waals surface area contributed by atoms with Crippen LogP contribution in [-0.2, 0) is 14.4 Å². The van der Waals surface area contributed by atoms with E-state index in [0.717, 1.165) is 30.4 Å². The molecule has 2 heterocycles. The van der Waals surface area contributed by atoms with Crippen LogP contribution in [0.1, 0.15) is 62.1 Å². The molecule has 2 aliphatic rings. The fraction of sp³-hybridized carbons (Fsp3) is 0.379. The molecule has 37 heavy (non-hydrogen) atoms. The number of carbonyl (C=O) groups excluding carboxylic acids is 3. The molecule has 2 aromatic rings. The first-order valence-corrected chi connectivity index (χ1v) is 14.1. The molecule has 1 N–H and O–H groups in total. The molecule has 1 saturated heterocycles. The summed E-state index contributed by atoms with van der Waals surface area (Å²) in [4.78, 5) is 43.3. The molecule has 3 amide bonds. The lowest BCUT2D eigenvalue weighted by molar-refractivity contribution is -0.122. The Hall–Kier alpha value is -2.97. The van der Waals surface area contributed by atoms with Crippen LogP contribution in [0.15, 0.2) is 47.4 Å². The van der Waals surface area contributed by atoms with Gasteiger partial charge in [0.25, 0.3) is 11.8 Å². The van der Waals surface area contributed by atoms with E-state index in [0.29, 0.717) is 38.3 Å². The molecule has 0 bridgehead atoms. The number of amides is 3. The molecular formula is C29H33N3O3S2. The Morgan fingerprint density at radius 1 is 0.919 bits per heavy atom. The SMILES string of the molecule is CCCCCCCCN1C(=O)/C(=C2/C(=O)N(CC(=O)Nc3ccc(C)c(C)c3)c3ccccc32)SC1=S. The molecule has 1 fully saturated rings. The van der Waals surface area contributed by atoms with Crippen LogP contribution in [0.2, 0.25) is 0 Å². The maximum atomic E-state index is 13.6. The molecule has 8 heteroatoms. The van der Waals surface area contributed by atoms with Crippen molar-refractivity contribution in [2.75, 3.05) is 23.3 Å². The molecule has 2 aromatic carbocycles. The van der Waals surface area contributed by atoms with Gasteiger partial charge in [-0.3, -0.25) is 24.2 Å². The summed E-state index contributed by atoms with van der Waals surface area (Å²) < 4.78 is 0.484. The van der Waals surface area contributed by atoms with Crippen molar-refractivity contribution < 1.29 is 14.4 Å². The fourth-order valence-electron chi connectivity index (χ4n) is 4.61. The highest BCUT2D eigenvalue weighted by Gasteiger charge is 2.42. The number of rotatable bonds is 10. The van der Waals surface area contributed by atoms with Crippen molar-refractivity contribution in [2.45, 2.75) is 59.3 Å². The Kier molecular flexibility index (Phi) is 8.82. The Morgan fingerprint density at radius 2 is 1.65 bits per heavy atom. The van der Waals surface area contributed by atoms with E-state index in [1.54, 1.807) is 11.0 Å². The number of aryl methyl sites for hydroxylation is 2. The van der Waals surface area contributed by atoms with E-state index in [4.69, 9.17) is 12.2 Å². The predicted molar refractivity (Wildman–Crippen MR) is 156 cm³/mol. The summed E-state index contributed by atoms with van der Waals surface area (Å²) in [6, 6.07) is 13.0. The van der Waals surface area contributed by atoms with E-state index in [-0.39, 0.29) is 24.3 Å². The van der Waals surface area contributed by atoms with Crippen molar-refractivity contribution in [2.24, 2.45) is 0 Å². The van der Waals surface area contributed by atoms with E-state index in [2.05, 4.69) is 12.2 Å². The van der Waals surface area contributed by atoms with Crippen molar-refractivity contribution in [1.29, 1.82) is 0 Å². The van der Waals surface area contributed by atoms with Gasteiger partial charge in [0, 0.05) is 17.8 Å². The van der Waals surface area contributed by atoms with E-state index < -0.39 is 0 Å². The fourth-order valence-corrected chi connectivity index (χ4v) is 5.99. The number of benzene rings is 2. The van der Waals surface area contributed by atoms with E-state index in [1.165, 1.54) is 35.9 Å². The monoisotopic (exact) mass is 535 g/mol. The van der Waals surface area contributed by atoms with E-state index >= 15 is 0 Å². The zero-order chi connectivity index (χ0) is 26.5. The zero-order valence-electron chi connectivity index (χ0n) is 21.6. The van der Waals surface area contributed by atoms with Gasteiger partial charge in [0.2, 0.25) is 5.91 Å². The summed E-state index contributed by atoms with van der Waals surface area (Å²) in [5, 5.41) is 2.89. The predicted octanol–water partition coefficient (Wildman–Crippen LogP) is 6.22. The van der Waals surface area contributed by atoms with E-state index in [1.807, 2.05) is 50.2 Å². The third-order valence-electron chi connectivity index (χ3n) is 6.83. The number of anilines is 2. The number of thiocarbonyl (C=S) groups is 1. The first-order chi connectivity index (χ1) is 17.8. The molecule has 0 saturated carbocycles. The van der Waals surface area contributed by atoms with Crippen molar-refractivity contribution >= 4 is 63.0 Å². The van der Waals surface area contributed by atoms with Gasteiger partial charge in [0.05, 0.1) is 16.2 Å². The van der Waals surface area contributed by atoms with Gasteiger partial charge >= 0.3 is 0 Å². The first kappa shape index (κ1) is 27.1. The minimum absolute atomic E-state index is 0.148. The van der Waals surface area contributed by atoms with Gasteiger partial charge in [0.1, 0.15) is 10.9 Å². The third kappa shape index (κ3) is 5.96. The number of unbranched alkanes of at least 4 members (excludes halogenated alkanes) is 5. The molecule has 4 rings (SSSR count). The topological polar surface area (TPSA) is 69.7 Å². The average Bonchev–Trinajstić information content (AvgIpc) is 3.30. The Bertz CT molecular complexity index is 1270. The molecule has 2 aliphatic heterocycles. The minimum atomic E-state index is -0.350. The number of para-hydroxylation sites is 1. The summed E-state index contributed by atoms with van der Waals surface area (Å²) in [6.45, 7) is 6.60. The van der Waals surface area contributed by atoms with Gasteiger partial charge in [0.15, 0.2) is 0 Å². The number of thioether (sulfide) groups is 1. The number of hydrogen-bond donors (Lipinski definition) is 1. The number of hydrogen-bond acceptors (Lipinski definition) is 5. The zero-order valence-corrected chi connectivity index (χ0v) is 23.3. The highest BCUT2D eigenvalue weighted by Crippen LogP contribution is 2.44. The second-order valence-electron chi connectivity index (χ2n) is 9.55. The normalized spacial score (nSPS) is 17.1. The molecule has 0 spiro atoms. The summed E-state index contributed by atoms with van der Waals surface area (Å²) in [5.74, 6) is -0.872. The van der Waals surface area contributed by atoms with Crippen molar-refractivity contribution in [1.82, 2.24) is 4.90 Å². The first-order valence-electron chi connectivity index (χ1n) is 12.9. The summed E-state index contributed by atoms with van der Waals surface area (Å²) >= 11 is 6.71. The van der Waals surface area contributed by atoms with Crippen LogP contribution >= 0.6 is 24.0 Å². The Balaban J connectivity index is 1.51. The lowest BCUT2D eigenvalue weighted by Gasteiger charge is -2.17. The molecule has 6 nitrogen and oxygen atoms in total. The lowest BCUT2D eigenvalue weighted by atomic mass is 10.1. The number of nitrogens with one attached hydrogen (secondary N) is 1. The van der Waals surface area contributed by atoms with Crippen LogP contribution in [0.25, 0.3) is 5.57 Å². The molecule has 0 aromatic heterocycles. The molecule has 0 atom stereocenters. The van der Waals surface area contributed by atoms with E-state index in [9.17, 15) is 14.4 Å². The number of carbonyl (C=O) groups is 3. The van der Waals surface area contributed by atoms with Crippen LogP contribution in [0.3, 0.4) is 0 Å². The van der Waals surface area contributed by atoms with Crippen LogP contribution in [0.4, 0.5) is 11.4 Å². The quantitative estimate of drug-likeness (QED) is 0.222. The summed E-state index contributed by atoms with van der Waals surface area (Å²) in [7, 11) is 0. The summed E-state index contributed by atoms with van der Waals surface area (Å²) in [5.41, 5.74) is 4.51. The minimum Gasteiger partial charge on any atom is -0.325 e. The molecule has 0 radical (unpaired) electrons. The van der Waals surface area contributed by atoms with Crippen LogP contribution in [-0.4, -0.2) is 40.0 Å². The maximum absolute atomic E-state index is 13.6. The average molecular weight is 536 g/mol. The van der Waals surface area contributed by atoms with Crippen LogP contribution in [0.5, 0.6) is 0 Å². The van der Waals surface area contributed by atoms with Gasteiger partial charge in [-0.05, 0) is 49.6 Å². The van der Waals surface area contributed by atoms with Crippen molar-refractivity contribution in [3.05, 3.63) is 64.1 Å². The number of nitrogens with zero attached hydrogens (tertiary/aromatic N) is 2. The van der Waals surface area contributed by atoms with Gasteiger partial charge in [-0.15, -0.1) is 0 Å². The second kappa shape index (κ2) is 12.0. The van der Waals surface area contributed by atoms with Crippen molar-refractivity contribution in [3.8, 4) is 0 Å². The standard InChI is InChI=1S/C29H33N3O3S2/c1-4-5-6-7-8-11-16-31-28(35)26(37-29(31)36)25-22-12-9-10-13-23(22)32(27(25)34)18-24(33)30-21-15-14-19(2)20(3)17-21/h9-10,12-15,17H,4-8,11,16,18H2,1-3H3,(H,30,33)/b26-25-. The van der Waals surface area contributed by atoms with Gasteiger partial charge < -0.3 is 5.32 Å². The molecular weight excluding hydrogens is 502 g/mol. The largest absolute Gasteiger partial charge is 0.325 e. The van der Waals surface area contributed by atoms with Crippen LogP contribution in [0, 0.1) is 13.8 Å². The lowest BCUT2D eigenvalue weighted by Crippen LogP contribution is -2.35. The Labute approximate surface area is 228 Å². The highest BCUT2D eigenvalue weighted by molar-refractivity contribution is 8.26. The Morgan fingerprint density at radius 3 is 2.41 bits per heavy atom. The van der Waals surface area contributed by atoms with Crippen molar-refractivity contribution in [3.63, 3.8) is 0 Å². The smallest absolute Gasteiger partial charge is 0.267 e. The van der Waals surface area contributed by atoms with Crippen LogP contribution < -0.4 is 10.2 Å². The van der Waals surface area contributed by atoms with Gasteiger partial charge in [-0.2, -0.15) is 0 Å². The van der Waals surface area contributed by atoms with Gasteiger partial charge in [-0.25, -0.2) is 0 Å².